The molecule has 0 spiro atoms. The molecule has 0 radical (unpaired) electrons. The molecule has 0 heterocycles. The second-order valence-electron chi connectivity index (χ2n) is 9.00. The lowest BCUT2D eigenvalue weighted by molar-refractivity contribution is -0.138. The topological polar surface area (TPSA) is 134 Å². The summed E-state index contributed by atoms with van der Waals surface area (Å²) in [6, 6.07) is 15.9. The van der Waals surface area contributed by atoms with Crippen LogP contribution >= 0.6 is 0 Å². The number of benzene rings is 2. The largest absolute Gasteiger partial charge is 0.481 e. The van der Waals surface area contributed by atoms with Gasteiger partial charge in [0.15, 0.2) is 0 Å². The fourth-order valence-electron chi connectivity index (χ4n) is 4.96. The van der Waals surface area contributed by atoms with Crippen molar-refractivity contribution in [1.29, 1.82) is 0 Å². The van der Waals surface area contributed by atoms with Gasteiger partial charge in [-0.25, -0.2) is 4.79 Å². The number of hydrogen-bond donors (Lipinski definition) is 4. The van der Waals surface area contributed by atoms with Gasteiger partial charge in [-0.1, -0.05) is 48.5 Å². The number of amides is 3. The van der Waals surface area contributed by atoms with Gasteiger partial charge in [-0.15, -0.1) is 0 Å². The minimum Gasteiger partial charge on any atom is -0.481 e. The van der Waals surface area contributed by atoms with Crippen molar-refractivity contribution in [3.05, 3.63) is 59.7 Å². The molecule has 1 saturated carbocycles. The van der Waals surface area contributed by atoms with Crippen molar-refractivity contribution in [3.63, 3.8) is 0 Å². The fourth-order valence-corrected chi connectivity index (χ4v) is 4.96. The van der Waals surface area contributed by atoms with E-state index in [4.69, 9.17) is 9.84 Å². The molecule has 2 aromatic carbocycles. The standard InChI is InChI=1S/C26H29N3O6/c30-23(27-14-24(31)29-17-10-9-16(11-17)12-25(32)33)13-28-26(34)35-15-22-20-7-3-1-5-18(20)19-6-2-4-8-21(19)22/h1-8,16-17,22H,9-15H2,(H,27,30)(H,28,34)(H,29,31)(H,32,33)/t16-,17+/m0/s1. The summed E-state index contributed by atoms with van der Waals surface area (Å²) in [5.74, 6) is -1.70. The molecule has 2 aliphatic carbocycles. The molecule has 9 heteroatoms. The SMILES string of the molecule is O=C(O)C[C@H]1CC[C@@H](NC(=O)CNC(=O)CNC(=O)OCC2c3ccccc3-c3ccccc32)C1. The molecule has 1 fully saturated rings. The Morgan fingerprint density at radius 2 is 1.49 bits per heavy atom. The van der Waals surface area contributed by atoms with Crippen molar-refractivity contribution in [3.8, 4) is 11.1 Å². The summed E-state index contributed by atoms with van der Waals surface area (Å²) in [7, 11) is 0. The molecular formula is C26H29N3O6. The Labute approximate surface area is 203 Å². The third-order valence-corrected chi connectivity index (χ3v) is 6.55. The van der Waals surface area contributed by atoms with Crippen molar-refractivity contribution in [2.75, 3.05) is 19.7 Å². The molecule has 9 nitrogen and oxygen atoms in total. The van der Waals surface area contributed by atoms with Crippen molar-refractivity contribution in [1.82, 2.24) is 16.0 Å². The Morgan fingerprint density at radius 3 is 2.14 bits per heavy atom. The molecule has 184 valence electrons. The number of nitrogens with one attached hydrogen (secondary N) is 3. The van der Waals surface area contributed by atoms with Gasteiger partial charge >= 0.3 is 12.1 Å². The molecule has 0 bridgehead atoms. The van der Waals surface area contributed by atoms with Crippen LogP contribution in [0.2, 0.25) is 0 Å². The summed E-state index contributed by atoms with van der Waals surface area (Å²) in [5.41, 5.74) is 4.46. The number of aliphatic carboxylic acids is 1. The maximum Gasteiger partial charge on any atom is 0.407 e. The zero-order valence-electron chi connectivity index (χ0n) is 19.3. The molecular weight excluding hydrogens is 450 g/mol. The minimum atomic E-state index is -0.835. The first-order valence-electron chi connectivity index (χ1n) is 11.8. The maximum absolute atomic E-state index is 12.2. The molecule has 4 rings (SSSR count). The smallest absolute Gasteiger partial charge is 0.407 e. The van der Waals surface area contributed by atoms with E-state index in [9.17, 15) is 19.2 Å². The van der Waals surface area contributed by atoms with E-state index >= 15 is 0 Å². The molecule has 0 saturated heterocycles. The Balaban J connectivity index is 1.16. The Morgan fingerprint density at radius 1 is 0.857 bits per heavy atom. The van der Waals surface area contributed by atoms with E-state index in [1.165, 1.54) is 0 Å². The van der Waals surface area contributed by atoms with Gasteiger partial charge in [-0.3, -0.25) is 14.4 Å². The van der Waals surface area contributed by atoms with E-state index < -0.39 is 18.0 Å². The van der Waals surface area contributed by atoms with Crippen LogP contribution in [0.5, 0.6) is 0 Å². The lowest BCUT2D eigenvalue weighted by Crippen LogP contribution is -2.44. The third-order valence-electron chi connectivity index (χ3n) is 6.55. The van der Waals surface area contributed by atoms with Crippen molar-refractivity contribution in [2.24, 2.45) is 5.92 Å². The highest BCUT2D eigenvalue weighted by Gasteiger charge is 2.29. The van der Waals surface area contributed by atoms with E-state index in [1.807, 2.05) is 36.4 Å². The van der Waals surface area contributed by atoms with Crippen molar-refractivity contribution >= 4 is 23.9 Å². The van der Waals surface area contributed by atoms with Crippen LogP contribution in [-0.2, 0) is 19.1 Å². The molecule has 2 aromatic rings. The summed E-state index contributed by atoms with van der Waals surface area (Å²) in [5, 5.41) is 16.6. The number of carbonyl (C=O) groups excluding carboxylic acids is 3. The van der Waals surface area contributed by atoms with Crippen LogP contribution in [-0.4, -0.2) is 54.7 Å². The van der Waals surface area contributed by atoms with Gasteiger partial charge in [0.05, 0.1) is 6.54 Å². The third kappa shape index (κ3) is 6.17. The van der Waals surface area contributed by atoms with E-state index in [0.717, 1.165) is 35.1 Å². The zero-order chi connectivity index (χ0) is 24.8. The number of carboxylic acid groups (broad SMARTS) is 1. The number of rotatable bonds is 9. The molecule has 35 heavy (non-hydrogen) atoms. The van der Waals surface area contributed by atoms with Crippen LogP contribution in [0.1, 0.15) is 42.7 Å². The van der Waals surface area contributed by atoms with Gasteiger partial charge in [-0.05, 0) is 47.4 Å². The van der Waals surface area contributed by atoms with Gasteiger partial charge in [-0.2, -0.15) is 0 Å². The Kier molecular flexibility index (Phi) is 7.64. The highest BCUT2D eigenvalue weighted by atomic mass is 16.5. The van der Waals surface area contributed by atoms with Gasteiger partial charge in [0.1, 0.15) is 13.2 Å². The minimum absolute atomic E-state index is 0.0637. The summed E-state index contributed by atoms with van der Waals surface area (Å²) in [6.45, 7) is -0.381. The first-order valence-corrected chi connectivity index (χ1v) is 11.8. The van der Waals surface area contributed by atoms with Gasteiger partial charge < -0.3 is 25.8 Å². The highest BCUT2D eigenvalue weighted by Crippen LogP contribution is 2.44. The van der Waals surface area contributed by atoms with E-state index in [1.54, 1.807) is 0 Å². The number of carbonyl (C=O) groups is 4. The first kappa shape index (κ1) is 24.3. The molecule has 3 amide bonds. The van der Waals surface area contributed by atoms with Crippen molar-refractivity contribution in [2.45, 2.75) is 37.6 Å². The van der Waals surface area contributed by atoms with E-state index in [-0.39, 0.29) is 49.9 Å². The average molecular weight is 480 g/mol. The lowest BCUT2D eigenvalue weighted by atomic mass is 9.98. The van der Waals surface area contributed by atoms with Gasteiger partial charge in [0.2, 0.25) is 11.8 Å². The average Bonchev–Trinajstić information content (AvgIpc) is 3.41. The molecule has 0 unspecified atom stereocenters. The number of carboxylic acids is 1. The van der Waals surface area contributed by atoms with Crippen LogP contribution in [0.4, 0.5) is 4.79 Å². The van der Waals surface area contributed by atoms with E-state index in [2.05, 4.69) is 28.1 Å². The van der Waals surface area contributed by atoms with Crippen LogP contribution < -0.4 is 16.0 Å². The summed E-state index contributed by atoms with van der Waals surface area (Å²) in [6.07, 6.45) is 1.50. The molecule has 4 N–H and O–H groups in total. The van der Waals surface area contributed by atoms with Crippen LogP contribution in [0.3, 0.4) is 0 Å². The lowest BCUT2D eigenvalue weighted by Gasteiger charge is -2.15. The monoisotopic (exact) mass is 479 g/mol. The van der Waals surface area contributed by atoms with Crippen molar-refractivity contribution < 1.29 is 29.0 Å². The predicted octanol–water partition coefficient (Wildman–Crippen LogP) is 2.40. The molecule has 2 aliphatic rings. The quantitative estimate of drug-likeness (QED) is 0.436. The molecule has 0 aromatic heterocycles. The van der Waals surface area contributed by atoms with Gasteiger partial charge in [0, 0.05) is 18.4 Å². The molecule has 2 atom stereocenters. The summed E-state index contributed by atoms with van der Waals surface area (Å²) >= 11 is 0. The number of hydrogen-bond acceptors (Lipinski definition) is 5. The van der Waals surface area contributed by atoms with Crippen LogP contribution in [0, 0.1) is 5.92 Å². The summed E-state index contributed by atoms with van der Waals surface area (Å²) in [4.78, 5) is 47.1. The highest BCUT2D eigenvalue weighted by molar-refractivity contribution is 5.87. The second kappa shape index (κ2) is 11.0. The normalized spacial score (nSPS) is 18.3. The predicted molar refractivity (Wildman–Crippen MR) is 128 cm³/mol. The first-order chi connectivity index (χ1) is 16.9. The number of alkyl carbamates (subject to hydrolysis) is 1. The van der Waals surface area contributed by atoms with E-state index in [0.29, 0.717) is 6.42 Å². The Hall–Kier alpha value is -3.88. The number of ether oxygens (including phenoxy) is 1. The van der Waals surface area contributed by atoms with Crippen LogP contribution in [0.15, 0.2) is 48.5 Å². The Bertz CT molecular complexity index is 1070. The fraction of sp³-hybridized carbons (Fsp3) is 0.385. The second-order valence-corrected chi connectivity index (χ2v) is 9.00. The van der Waals surface area contributed by atoms with Crippen LogP contribution in [0.25, 0.3) is 11.1 Å². The van der Waals surface area contributed by atoms with Gasteiger partial charge in [0.25, 0.3) is 0 Å². The maximum atomic E-state index is 12.2. The zero-order valence-corrected chi connectivity index (χ0v) is 19.3. The summed E-state index contributed by atoms with van der Waals surface area (Å²) < 4.78 is 5.39. The molecule has 0 aliphatic heterocycles. The number of fused-ring (bicyclic) bond motifs is 3.